The van der Waals surface area contributed by atoms with Gasteiger partial charge >= 0.3 is 5.97 Å². The van der Waals surface area contributed by atoms with Crippen LogP contribution in [0.5, 0.6) is 11.5 Å². The fourth-order valence-electron chi connectivity index (χ4n) is 2.77. The van der Waals surface area contributed by atoms with Crippen LogP contribution >= 0.6 is 0 Å². The third kappa shape index (κ3) is 5.63. The van der Waals surface area contributed by atoms with Crippen molar-refractivity contribution in [1.29, 1.82) is 0 Å². The summed E-state index contributed by atoms with van der Waals surface area (Å²) in [5, 5.41) is 17.8. The molecule has 0 radical (unpaired) electrons. The number of aromatic carboxylic acids is 1. The molecule has 2 bridgehead atoms. The molecule has 0 saturated carbocycles. The van der Waals surface area contributed by atoms with Crippen LogP contribution in [0.25, 0.3) is 0 Å². The topological polar surface area (TPSA) is 110 Å². The molecular weight excluding hydrogens is 396 g/mol. The van der Waals surface area contributed by atoms with Crippen molar-refractivity contribution < 1.29 is 32.9 Å². The van der Waals surface area contributed by atoms with E-state index in [1.165, 1.54) is 31.0 Å². The van der Waals surface area contributed by atoms with Crippen molar-refractivity contribution in [3.63, 3.8) is 0 Å². The maximum absolute atomic E-state index is 11.6. The number of carboxylic acid groups (broad SMARTS) is 1. The highest BCUT2D eigenvalue weighted by Crippen LogP contribution is 2.37. The van der Waals surface area contributed by atoms with Crippen molar-refractivity contribution in [2.75, 3.05) is 13.2 Å². The lowest BCUT2D eigenvalue weighted by atomic mass is 10.2. The van der Waals surface area contributed by atoms with E-state index in [2.05, 4.69) is 6.92 Å². The average molecular weight is 422 g/mol. The van der Waals surface area contributed by atoms with Gasteiger partial charge in [-0.3, -0.25) is 0 Å². The minimum absolute atomic E-state index is 0.147. The molecule has 0 saturated heterocycles. The van der Waals surface area contributed by atoms with E-state index in [9.17, 15) is 13.2 Å². The van der Waals surface area contributed by atoms with Gasteiger partial charge in [-0.15, -0.1) is 0 Å². The molecule has 3 rings (SSSR count). The van der Waals surface area contributed by atoms with Gasteiger partial charge in [0.25, 0.3) is 0 Å². The molecule has 7 nitrogen and oxygen atoms in total. The first kappa shape index (κ1) is 22.5. The third-order valence-corrected chi connectivity index (χ3v) is 6.07. The number of hydrogen-bond donors (Lipinski definition) is 2. The summed E-state index contributed by atoms with van der Waals surface area (Å²) in [6.07, 6.45) is 9.37. The molecule has 2 N–H and O–H groups in total. The zero-order chi connectivity index (χ0) is 21.4. The summed E-state index contributed by atoms with van der Waals surface area (Å²) in [4.78, 5) is 11.3. The van der Waals surface area contributed by atoms with Crippen LogP contribution in [-0.2, 0) is 14.6 Å². The molecule has 0 fully saturated rings. The molecule has 0 spiro atoms. The number of hydrogen-bond acceptors (Lipinski definition) is 6. The molecule has 2 aliphatic rings. The highest BCUT2D eigenvalue weighted by atomic mass is 32.2. The summed E-state index contributed by atoms with van der Waals surface area (Å²) in [6.45, 7) is 5.02. The number of unbranched alkanes of at least 4 members (excludes halogenated alkanes) is 3. The van der Waals surface area contributed by atoms with Crippen molar-refractivity contribution in [2.24, 2.45) is 0 Å². The normalized spacial score (nSPS) is 15.6. The summed E-state index contributed by atoms with van der Waals surface area (Å²) in [5.41, 5.74) is -0.147. The van der Waals surface area contributed by atoms with E-state index in [0.717, 1.165) is 12.8 Å². The number of ether oxygens (including phenoxy) is 2. The fraction of sp³-hybridized carbons (Fsp3) is 0.381. The molecule has 0 unspecified atom stereocenters. The molecule has 0 aliphatic carbocycles. The summed E-state index contributed by atoms with van der Waals surface area (Å²) in [7, 11) is -3.18. The minimum atomic E-state index is -3.18. The zero-order valence-corrected chi connectivity index (χ0v) is 17.4. The van der Waals surface area contributed by atoms with Gasteiger partial charge in [-0.1, -0.05) is 26.2 Å². The monoisotopic (exact) mass is 422 g/mol. The van der Waals surface area contributed by atoms with Gasteiger partial charge in [0.2, 0.25) is 9.84 Å². The Balaban J connectivity index is 0.000000212. The number of carboxylic acids is 1. The van der Waals surface area contributed by atoms with E-state index in [1.807, 2.05) is 0 Å². The Morgan fingerprint density at radius 3 is 2.38 bits per heavy atom. The number of allylic oxidation sites excluding steroid dienone is 3. The lowest BCUT2D eigenvalue weighted by Gasteiger charge is -2.06. The molecule has 0 aromatic heterocycles. The van der Waals surface area contributed by atoms with E-state index in [-0.39, 0.29) is 11.3 Å². The molecular formula is C21H26O7S. The zero-order valence-electron chi connectivity index (χ0n) is 16.6. The van der Waals surface area contributed by atoms with Gasteiger partial charge in [0, 0.05) is 6.08 Å². The Kier molecular flexibility index (Phi) is 7.90. The smallest absolute Gasteiger partial charge is 0.339 e. The van der Waals surface area contributed by atoms with Crippen LogP contribution in [-0.4, -0.2) is 37.8 Å². The fourth-order valence-corrected chi connectivity index (χ4v) is 4.16. The van der Waals surface area contributed by atoms with Gasteiger partial charge in [-0.2, -0.15) is 0 Å². The largest absolute Gasteiger partial charge is 0.507 e. The third-order valence-electron chi connectivity index (χ3n) is 4.28. The summed E-state index contributed by atoms with van der Waals surface area (Å²) < 4.78 is 33.8. The van der Waals surface area contributed by atoms with E-state index in [4.69, 9.17) is 19.7 Å². The van der Waals surface area contributed by atoms with Crippen LogP contribution in [0.4, 0.5) is 0 Å². The number of phenols is 1. The summed E-state index contributed by atoms with van der Waals surface area (Å²) in [6, 6.07) is 4.11. The second kappa shape index (κ2) is 10.2. The van der Waals surface area contributed by atoms with Crippen LogP contribution in [0.3, 0.4) is 0 Å². The van der Waals surface area contributed by atoms with Crippen LogP contribution in [0.1, 0.15) is 49.9 Å². The number of benzene rings is 1. The number of rotatable bonds is 9. The SMILES string of the molecule is CCCCCCOC1=C2C=CC(=C1)S2(=O)=O.CCOc1ccc(O)c(C(=O)O)c1. The molecule has 2 heterocycles. The quantitative estimate of drug-likeness (QED) is 0.575. The number of aromatic hydroxyl groups is 1. The summed E-state index contributed by atoms with van der Waals surface area (Å²) in [5.74, 6) is -0.457. The molecule has 158 valence electrons. The lowest BCUT2D eigenvalue weighted by molar-refractivity contribution is 0.0693. The predicted molar refractivity (Wildman–Crippen MR) is 109 cm³/mol. The van der Waals surface area contributed by atoms with Crippen molar-refractivity contribution in [1.82, 2.24) is 0 Å². The number of fused-ring (bicyclic) bond motifs is 2. The van der Waals surface area contributed by atoms with E-state index in [1.54, 1.807) is 25.2 Å². The van der Waals surface area contributed by atoms with Gasteiger partial charge in [-0.05, 0) is 43.7 Å². The number of sulfone groups is 1. The second-order valence-corrected chi connectivity index (χ2v) is 8.36. The Morgan fingerprint density at radius 1 is 1.07 bits per heavy atom. The second-order valence-electron chi connectivity index (χ2n) is 6.44. The Bertz CT molecular complexity index is 940. The van der Waals surface area contributed by atoms with Gasteiger partial charge in [0.15, 0.2) is 0 Å². The lowest BCUT2D eigenvalue weighted by Crippen LogP contribution is -1.98. The minimum Gasteiger partial charge on any atom is -0.507 e. The Hall–Kier alpha value is -2.74. The average Bonchev–Trinajstić information content (AvgIpc) is 3.10. The Labute approximate surface area is 170 Å². The molecule has 0 atom stereocenters. The van der Waals surface area contributed by atoms with Gasteiger partial charge < -0.3 is 19.7 Å². The van der Waals surface area contributed by atoms with E-state index < -0.39 is 15.8 Å². The highest BCUT2D eigenvalue weighted by molar-refractivity contribution is 8.00. The van der Waals surface area contributed by atoms with E-state index in [0.29, 0.717) is 34.5 Å². The van der Waals surface area contributed by atoms with Gasteiger partial charge in [0.05, 0.1) is 18.1 Å². The van der Waals surface area contributed by atoms with Gasteiger partial charge in [-0.25, -0.2) is 13.2 Å². The van der Waals surface area contributed by atoms with Crippen molar-refractivity contribution in [3.05, 3.63) is 57.6 Å². The first-order valence-corrected chi connectivity index (χ1v) is 11.0. The van der Waals surface area contributed by atoms with Crippen molar-refractivity contribution in [2.45, 2.75) is 39.5 Å². The maximum atomic E-state index is 11.6. The van der Waals surface area contributed by atoms with E-state index >= 15 is 0 Å². The standard InChI is InChI=1S/C12H16O3S.C9H10O4/c1-2-3-4-5-8-15-11-9-10-6-7-12(11)16(10,13)14;1-2-13-6-3-4-8(10)7(5-6)9(11)12/h6-7,9H,2-5,8H2,1H3;3-5,10H,2H2,1H3,(H,11,12). The highest BCUT2D eigenvalue weighted by Gasteiger charge is 2.34. The van der Waals surface area contributed by atoms with Crippen LogP contribution in [0.15, 0.2) is 52.0 Å². The van der Waals surface area contributed by atoms with Crippen molar-refractivity contribution >= 4 is 15.8 Å². The van der Waals surface area contributed by atoms with Crippen LogP contribution in [0, 0.1) is 0 Å². The molecule has 8 heteroatoms. The first-order valence-electron chi connectivity index (χ1n) is 9.52. The number of carbonyl (C=O) groups is 1. The van der Waals surface area contributed by atoms with Crippen LogP contribution < -0.4 is 4.74 Å². The van der Waals surface area contributed by atoms with Crippen LogP contribution in [0.2, 0.25) is 0 Å². The predicted octanol–water partition coefficient (Wildman–Crippen LogP) is 4.17. The molecule has 1 aromatic carbocycles. The van der Waals surface area contributed by atoms with Gasteiger partial charge in [0.1, 0.15) is 27.7 Å². The molecule has 29 heavy (non-hydrogen) atoms. The molecule has 2 aliphatic heterocycles. The maximum Gasteiger partial charge on any atom is 0.339 e. The molecule has 0 amide bonds. The summed E-state index contributed by atoms with van der Waals surface area (Å²) >= 11 is 0. The van der Waals surface area contributed by atoms with Crippen molar-refractivity contribution in [3.8, 4) is 11.5 Å². The first-order chi connectivity index (χ1) is 13.8. The Morgan fingerprint density at radius 2 is 1.83 bits per heavy atom. The molecule has 1 aromatic rings.